The zero-order chi connectivity index (χ0) is 21.0. The molecule has 0 aliphatic heterocycles. The summed E-state index contributed by atoms with van der Waals surface area (Å²) in [5.74, 6) is 0. The number of aromatic nitrogens is 3. The van der Waals surface area contributed by atoms with Crippen LogP contribution in [0.1, 0.15) is 5.56 Å². The smallest absolute Gasteiger partial charge is 0.0790 e. The number of hydrogen-bond acceptors (Lipinski definition) is 5. The molecule has 31 heavy (non-hydrogen) atoms. The van der Waals surface area contributed by atoms with E-state index in [0.29, 0.717) is 6.54 Å². The summed E-state index contributed by atoms with van der Waals surface area (Å²) in [7, 11) is 0. The second kappa shape index (κ2) is 8.71. The topological polar surface area (TPSA) is 79.6 Å². The third kappa shape index (κ3) is 4.35. The van der Waals surface area contributed by atoms with E-state index in [2.05, 4.69) is 68.7 Å². The van der Waals surface area contributed by atoms with E-state index in [1.54, 1.807) is 11.3 Å². The van der Waals surface area contributed by atoms with Crippen molar-refractivity contribution >= 4 is 27.9 Å². The summed E-state index contributed by atoms with van der Waals surface area (Å²) in [6, 6.07) is 21.0. The number of nitrogens with two attached hydrogens (primary N) is 1. The van der Waals surface area contributed by atoms with Crippen LogP contribution in [0.5, 0.6) is 0 Å². The van der Waals surface area contributed by atoms with Crippen LogP contribution in [0, 0.1) is 0 Å². The van der Waals surface area contributed by atoms with Gasteiger partial charge < -0.3 is 11.1 Å². The normalized spacial score (nSPS) is 12.2. The number of hydrogen-bond donors (Lipinski definition) is 3. The van der Waals surface area contributed by atoms with Gasteiger partial charge in [0.05, 0.1) is 29.3 Å². The Morgan fingerprint density at radius 1 is 1.00 bits per heavy atom. The lowest BCUT2D eigenvalue weighted by molar-refractivity contribution is 0.699. The van der Waals surface area contributed by atoms with E-state index < -0.39 is 0 Å². The van der Waals surface area contributed by atoms with E-state index in [-0.39, 0.29) is 6.04 Å². The summed E-state index contributed by atoms with van der Waals surface area (Å²) in [5.41, 5.74) is 13.9. The van der Waals surface area contributed by atoms with Crippen molar-refractivity contribution < 1.29 is 0 Å². The quantitative estimate of drug-likeness (QED) is 0.329. The van der Waals surface area contributed by atoms with Crippen LogP contribution in [0.3, 0.4) is 0 Å². The molecule has 4 N–H and O–H groups in total. The number of pyridine rings is 1. The zero-order valence-electron chi connectivity index (χ0n) is 17.0. The van der Waals surface area contributed by atoms with Gasteiger partial charge in [0.15, 0.2) is 0 Å². The lowest BCUT2D eigenvalue weighted by Crippen LogP contribution is -2.31. The van der Waals surface area contributed by atoms with Crippen molar-refractivity contribution in [2.24, 2.45) is 5.73 Å². The highest BCUT2D eigenvalue weighted by molar-refractivity contribution is 7.08. The number of nitrogens with one attached hydrogen (secondary N) is 2. The van der Waals surface area contributed by atoms with E-state index in [1.165, 1.54) is 5.56 Å². The Balaban J connectivity index is 1.42. The highest BCUT2D eigenvalue weighted by Gasteiger charge is 2.13. The summed E-state index contributed by atoms with van der Waals surface area (Å²) in [6.45, 7) is 0.675. The van der Waals surface area contributed by atoms with Gasteiger partial charge in [0.1, 0.15) is 0 Å². The summed E-state index contributed by atoms with van der Waals surface area (Å²) >= 11 is 1.67. The van der Waals surface area contributed by atoms with Crippen molar-refractivity contribution in [3.63, 3.8) is 0 Å². The molecule has 0 spiro atoms. The first kappa shape index (κ1) is 19.5. The first-order valence-electron chi connectivity index (χ1n) is 10.3. The largest absolute Gasteiger partial charge is 0.382 e. The van der Waals surface area contributed by atoms with Crippen LogP contribution in [-0.2, 0) is 6.42 Å². The fourth-order valence-electron chi connectivity index (χ4n) is 3.76. The molecule has 0 unspecified atom stereocenters. The SMILES string of the molecule is N[C@@H](CNc1cnc(-c2ccsc2)c(-c2ccc3[nH]ncc3c2)c1)Cc1ccccc1. The molecule has 0 aliphatic rings. The number of thiophene rings is 1. The van der Waals surface area contributed by atoms with Gasteiger partial charge in [-0.1, -0.05) is 36.4 Å². The predicted octanol–water partition coefficient (Wildman–Crippen LogP) is 5.34. The summed E-state index contributed by atoms with van der Waals surface area (Å²) in [4.78, 5) is 4.81. The fourth-order valence-corrected chi connectivity index (χ4v) is 4.40. The molecule has 5 aromatic rings. The first-order valence-corrected chi connectivity index (χ1v) is 11.2. The molecule has 0 bridgehead atoms. The number of H-pyrrole nitrogens is 1. The van der Waals surface area contributed by atoms with Crippen LogP contribution >= 0.6 is 11.3 Å². The molecule has 0 saturated carbocycles. The van der Waals surface area contributed by atoms with Crippen LogP contribution in [0.2, 0.25) is 0 Å². The average Bonchev–Trinajstić information content (AvgIpc) is 3.50. The fraction of sp³-hybridized carbons (Fsp3) is 0.120. The minimum absolute atomic E-state index is 0.0182. The molecule has 0 amide bonds. The number of nitrogens with zero attached hydrogens (tertiary/aromatic N) is 2. The molecule has 0 radical (unpaired) electrons. The lowest BCUT2D eigenvalue weighted by atomic mass is 9.99. The standard InChI is InChI=1S/C25H23N5S/c26-21(10-17-4-2-1-3-5-17)14-27-22-12-23(25(28-15-22)19-8-9-31-16-19)18-6-7-24-20(11-18)13-29-30-24/h1-9,11-13,15-16,21,27H,10,14,26H2,(H,29,30)/t21-/m1/s1. The molecule has 5 nitrogen and oxygen atoms in total. The van der Waals surface area contributed by atoms with Crippen molar-refractivity contribution in [1.29, 1.82) is 0 Å². The maximum absolute atomic E-state index is 6.37. The molecular weight excluding hydrogens is 402 g/mol. The van der Waals surface area contributed by atoms with Gasteiger partial charge in [-0.2, -0.15) is 16.4 Å². The Bertz CT molecular complexity index is 1280. The maximum atomic E-state index is 6.37. The lowest BCUT2D eigenvalue weighted by Gasteiger charge is -2.16. The Kier molecular flexibility index (Phi) is 5.48. The Labute approximate surface area is 185 Å². The summed E-state index contributed by atoms with van der Waals surface area (Å²) in [5, 5.41) is 15.9. The average molecular weight is 426 g/mol. The highest BCUT2D eigenvalue weighted by atomic mass is 32.1. The minimum atomic E-state index is 0.0182. The van der Waals surface area contributed by atoms with Crippen molar-refractivity contribution in [3.8, 4) is 22.4 Å². The zero-order valence-corrected chi connectivity index (χ0v) is 17.8. The van der Waals surface area contributed by atoms with Gasteiger partial charge in [0.2, 0.25) is 0 Å². The molecule has 0 fully saturated rings. The second-order valence-corrected chi connectivity index (χ2v) is 8.41. The predicted molar refractivity (Wildman–Crippen MR) is 129 cm³/mol. The van der Waals surface area contributed by atoms with E-state index in [9.17, 15) is 0 Å². The Hall–Kier alpha value is -3.48. The maximum Gasteiger partial charge on any atom is 0.0790 e. The summed E-state index contributed by atoms with van der Waals surface area (Å²) in [6.07, 6.45) is 4.57. The molecule has 154 valence electrons. The van der Waals surface area contributed by atoms with Crippen molar-refractivity contribution in [2.75, 3.05) is 11.9 Å². The molecule has 1 atom stereocenters. The van der Waals surface area contributed by atoms with Crippen molar-refractivity contribution in [3.05, 3.63) is 89.4 Å². The molecule has 5 rings (SSSR count). The number of benzene rings is 2. The van der Waals surface area contributed by atoms with Crippen LogP contribution in [-0.4, -0.2) is 27.8 Å². The first-order chi connectivity index (χ1) is 15.3. The molecule has 3 heterocycles. The van der Waals surface area contributed by atoms with Gasteiger partial charge in [-0.05, 0) is 47.2 Å². The molecule has 0 aliphatic carbocycles. The molecule has 2 aromatic carbocycles. The van der Waals surface area contributed by atoms with E-state index in [1.807, 2.05) is 30.6 Å². The number of fused-ring (bicyclic) bond motifs is 1. The van der Waals surface area contributed by atoms with Gasteiger partial charge in [-0.3, -0.25) is 10.1 Å². The number of anilines is 1. The third-order valence-electron chi connectivity index (χ3n) is 5.34. The van der Waals surface area contributed by atoms with Crippen molar-refractivity contribution in [2.45, 2.75) is 12.5 Å². The Morgan fingerprint density at radius 3 is 2.74 bits per heavy atom. The molecule has 6 heteroatoms. The van der Waals surface area contributed by atoms with Crippen LogP contribution in [0.25, 0.3) is 33.3 Å². The van der Waals surface area contributed by atoms with Crippen LogP contribution < -0.4 is 11.1 Å². The van der Waals surface area contributed by atoms with E-state index in [0.717, 1.165) is 45.4 Å². The van der Waals surface area contributed by atoms with Gasteiger partial charge in [-0.15, -0.1) is 0 Å². The molecular formula is C25H23N5S. The third-order valence-corrected chi connectivity index (χ3v) is 6.03. The van der Waals surface area contributed by atoms with Gasteiger partial charge in [0.25, 0.3) is 0 Å². The van der Waals surface area contributed by atoms with Gasteiger partial charge >= 0.3 is 0 Å². The van der Waals surface area contributed by atoms with E-state index >= 15 is 0 Å². The van der Waals surface area contributed by atoms with E-state index in [4.69, 9.17) is 10.7 Å². The highest BCUT2D eigenvalue weighted by Crippen LogP contribution is 2.34. The number of aromatic amines is 1. The second-order valence-electron chi connectivity index (χ2n) is 7.63. The molecule has 3 aromatic heterocycles. The van der Waals surface area contributed by atoms with Gasteiger partial charge in [0, 0.05) is 34.5 Å². The van der Waals surface area contributed by atoms with Gasteiger partial charge in [-0.25, -0.2) is 0 Å². The van der Waals surface area contributed by atoms with Crippen LogP contribution in [0.15, 0.2) is 83.8 Å². The Morgan fingerprint density at radius 2 is 1.90 bits per heavy atom. The number of rotatable bonds is 7. The van der Waals surface area contributed by atoms with Crippen LogP contribution in [0.4, 0.5) is 5.69 Å². The van der Waals surface area contributed by atoms with Crippen molar-refractivity contribution in [1.82, 2.24) is 15.2 Å². The minimum Gasteiger partial charge on any atom is -0.382 e. The summed E-state index contributed by atoms with van der Waals surface area (Å²) < 4.78 is 0. The monoisotopic (exact) mass is 425 g/mol. The molecule has 0 saturated heterocycles.